The van der Waals surface area contributed by atoms with E-state index < -0.39 is 35.4 Å². The van der Waals surface area contributed by atoms with Crippen LogP contribution in [-0.2, 0) is 36.8 Å². The lowest BCUT2D eigenvalue weighted by molar-refractivity contribution is -0.159. The minimum Gasteiger partial charge on any atom is -0.481 e. The van der Waals surface area contributed by atoms with Gasteiger partial charge in [-0.3, -0.25) is 4.79 Å². The second-order valence-corrected chi connectivity index (χ2v) is 11.2. The van der Waals surface area contributed by atoms with Gasteiger partial charge in [0, 0.05) is 19.3 Å². The number of benzene rings is 2. The smallest absolute Gasteiger partial charge is 0.414 e. The maximum atomic E-state index is 13.8. The summed E-state index contributed by atoms with van der Waals surface area (Å²) >= 11 is 0. The van der Waals surface area contributed by atoms with E-state index in [0.29, 0.717) is 6.42 Å². The minimum atomic E-state index is -1.82. The fraction of sp³-hybridized carbons (Fsp3) is 0.438. The van der Waals surface area contributed by atoms with Crippen LogP contribution in [0.2, 0.25) is 0 Å². The molecule has 1 aliphatic carbocycles. The van der Waals surface area contributed by atoms with E-state index in [0.717, 1.165) is 73.7 Å². The maximum absolute atomic E-state index is 13.8. The molecule has 2 unspecified atom stereocenters. The number of nitrogens with one attached hydrogen (secondary N) is 1. The third-order valence-corrected chi connectivity index (χ3v) is 7.44. The van der Waals surface area contributed by atoms with E-state index in [-0.39, 0.29) is 17.7 Å². The standard InChI is InChI=1S/C26H34FN3O.2C2H2O4.C2H4O2/c1-18(2)26(31)14-12-19-17-20(27)10-11-21(19)22(26)13-16-30(3)15-6-9-25-28-23-7-4-5-8-24(23)29-25;2*3-1(4)2(5)6;1-2(3)4/h4-5,7-8,10-11,17-18,22,31H,6,9,12-16H2,1-3H3,(H,28,29);2*(H,3,4)(H,5,6);1H3,(H,3,4). The third kappa shape index (κ3) is 13.6. The molecule has 2 atom stereocenters. The highest BCUT2D eigenvalue weighted by Crippen LogP contribution is 2.45. The van der Waals surface area contributed by atoms with Crippen LogP contribution in [0.5, 0.6) is 0 Å². The predicted octanol–water partition coefficient (Wildman–Crippen LogP) is 3.48. The molecule has 0 radical (unpaired) electrons. The third-order valence-electron chi connectivity index (χ3n) is 7.44. The number of H-pyrrole nitrogens is 1. The van der Waals surface area contributed by atoms with Gasteiger partial charge in [-0.25, -0.2) is 28.6 Å². The maximum Gasteiger partial charge on any atom is 0.414 e. The van der Waals surface area contributed by atoms with Gasteiger partial charge in [-0.1, -0.05) is 32.0 Å². The van der Waals surface area contributed by atoms with Crippen LogP contribution in [0, 0.1) is 11.7 Å². The molecule has 0 aliphatic heterocycles. The molecule has 15 heteroatoms. The summed E-state index contributed by atoms with van der Waals surface area (Å²) in [5.74, 6) is -7.08. The van der Waals surface area contributed by atoms with Gasteiger partial charge in [-0.05, 0) is 87.1 Å². The lowest BCUT2D eigenvalue weighted by atomic mass is 9.65. The molecule has 0 spiro atoms. The van der Waals surface area contributed by atoms with Crippen molar-refractivity contribution in [3.8, 4) is 0 Å². The van der Waals surface area contributed by atoms with E-state index in [1.54, 1.807) is 6.07 Å². The molecule has 0 saturated heterocycles. The van der Waals surface area contributed by atoms with Crippen molar-refractivity contribution in [3.05, 3.63) is 65.2 Å². The summed E-state index contributed by atoms with van der Waals surface area (Å²) in [6.45, 7) is 7.15. The summed E-state index contributed by atoms with van der Waals surface area (Å²) in [6, 6.07) is 13.2. The Balaban J connectivity index is 0.000000573. The molecule has 1 heterocycles. The average Bonchev–Trinajstić information content (AvgIpc) is 3.40. The molecule has 2 aromatic carbocycles. The number of rotatable bonds is 8. The van der Waals surface area contributed by atoms with Crippen LogP contribution in [0.25, 0.3) is 11.0 Å². The second kappa shape index (κ2) is 18.9. The number of carboxylic acid groups (broad SMARTS) is 5. The molecular weight excluding hydrogens is 621 g/mol. The van der Waals surface area contributed by atoms with Crippen LogP contribution in [0.1, 0.15) is 62.9 Å². The number of imidazole rings is 1. The summed E-state index contributed by atoms with van der Waals surface area (Å²) in [7, 11) is 2.14. The van der Waals surface area contributed by atoms with Crippen LogP contribution < -0.4 is 0 Å². The summed E-state index contributed by atoms with van der Waals surface area (Å²) in [6.07, 6.45) is 4.25. The van der Waals surface area contributed by atoms with Crippen molar-refractivity contribution < 1.29 is 59.0 Å². The lowest BCUT2D eigenvalue weighted by Gasteiger charge is -2.45. The molecular formula is C32H42FN3O11. The van der Waals surface area contributed by atoms with Gasteiger partial charge in [0.25, 0.3) is 5.97 Å². The molecule has 1 aliphatic rings. The average molecular weight is 664 g/mol. The van der Waals surface area contributed by atoms with Crippen molar-refractivity contribution in [3.63, 3.8) is 0 Å². The number of nitrogens with zero attached hydrogens (tertiary/aromatic N) is 2. The summed E-state index contributed by atoms with van der Waals surface area (Å²) in [4.78, 5) is 55.8. The zero-order valence-electron chi connectivity index (χ0n) is 26.6. The quantitative estimate of drug-likeness (QED) is 0.171. The van der Waals surface area contributed by atoms with Gasteiger partial charge in [0.1, 0.15) is 11.6 Å². The monoisotopic (exact) mass is 663 g/mol. The molecule has 0 amide bonds. The molecule has 4 rings (SSSR count). The number of para-hydroxylation sites is 2. The van der Waals surface area contributed by atoms with Crippen molar-refractivity contribution in [1.29, 1.82) is 0 Å². The van der Waals surface area contributed by atoms with Crippen LogP contribution in [0.15, 0.2) is 42.5 Å². The Morgan fingerprint density at radius 3 is 2.02 bits per heavy atom. The number of aliphatic carboxylic acids is 5. The molecule has 47 heavy (non-hydrogen) atoms. The molecule has 7 N–H and O–H groups in total. The molecule has 0 fully saturated rings. The SMILES string of the molecule is CC(=O)O.CC(C)C1(O)CCc2cc(F)ccc2C1CCN(C)CCCc1nc2ccccc2[nH]1.O=C(O)C(=O)O.O=C(O)C(=O)O. The number of halogens is 1. The van der Waals surface area contributed by atoms with Gasteiger partial charge in [0.15, 0.2) is 0 Å². The zero-order valence-corrected chi connectivity index (χ0v) is 26.6. The highest BCUT2D eigenvalue weighted by molar-refractivity contribution is 6.27. The number of aliphatic hydroxyl groups is 1. The first-order valence-corrected chi connectivity index (χ1v) is 14.6. The van der Waals surface area contributed by atoms with Gasteiger partial charge >= 0.3 is 23.9 Å². The van der Waals surface area contributed by atoms with E-state index in [1.807, 2.05) is 24.3 Å². The molecule has 258 valence electrons. The number of aromatic nitrogens is 2. The fourth-order valence-electron chi connectivity index (χ4n) is 5.11. The lowest BCUT2D eigenvalue weighted by Crippen LogP contribution is -2.46. The number of aromatic amines is 1. The highest BCUT2D eigenvalue weighted by Gasteiger charge is 2.43. The van der Waals surface area contributed by atoms with Crippen molar-refractivity contribution >= 4 is 40.9 Å². The number of carboxylic acids is 5. The van der Waals surface area contributed by atoms with Gasteiger partial charge in [0.2, 0.25) is 0 Å². The normalized spacial score (nSPS) is 16.4. The van der Waals surface area contributed by atoms with Crippen molar-refractivity contribution in [2.45, 2.75) is 64.4 Å². The summed E-state index contributed by atoms with van der Waals surface area (Å²) < 4.78 is 13.8. The number of hydrogen-bond donors (Lipinski definition) is 7. The number of fused-ring (bicyclic) bond motifs is 2. The largest absolute Gasteiger partial charge is 0.481 e. The summed E-state index contributed by atoms with van der Waals surface area (Å²) in [5.41, 5.74) is 3.56. The van der Waals surface area contributed by atoms with Gasteiger partial charge in [0.05, 0.1) is 16.6 Å². The number of hydrogen-bond acceptors (Lipinski definition) is 8. The fourth-order valence-corrected chi connectivity index (χ4v) is 5.11. The molecule has 1 aromatic heterocycles. The second-order valence-electron chi connectivity index (χ2n) is 11.2. The Morgan fingerprint density at radius 1 is 0.957 bits per heavy atom. The molecule has 3 aromatic rings. The van der Waals surface area contributed by atoms with Gasteiger partial charge in [-0.15, -0.1) is 0 Å². The Morgan fingerprint density at radius 2 is 1.51 bits per heavy atom. The topological polar surface area (TPSA) is 239 Å². The Bertz CT molecular complexity index is 1440. The highest BCUT2D eigenvalue weighted by atomic mass is 19.1. The molecule has 0 saturated carbocycles. The van der Waals surface area contributed by atoms with Crippen LogP contribution in [-0.4, -0.2) is 101 Å². The minimum absolute atomic E-state index is 0.0367. The van der Waals surface area contributed by atoms with Gasteiger partial charge in [-0.2, -0.15) is 0 Å². The van der Waals surface area contributed by atoms with E-state index in [9.17, 15) is 9.50 Å². The van der Waals surface area contributed by atoms with Gasteiger partial charge < -0.3 is 40.5 Å². The first-order chi connectivity index (χ1) is 21.9. The van der Waals surface area contributed by atoms with Crippen molar-refractivity contribution in [2.75, 3.05) is 20.1 Å². The Kier molecular flexibility index (Phi) is 16.2. The van der Waals surface area contributed by atoms with E-state index >= 15 is 0 Å². The van der Waals surface area contributed by atoms with E-state index in [2.05, 4.69) is 41.8 Å². The zero-order chi connectivity index (χ0) is 35.9. The first kappa shape index (κ1) is 40.1. The number of carbonyl (C=O) groups is 5. The first-order valence-electron chi connectivity index (χ1n) is 14.6. The van der Waals surface area contributed by atoms with Crippen molar-refractivity contribution in [1.82, 2.24) is 14.9 Å². The van der Waals surface area contributed by atoms with Crippen LogP contribution in [0.4, 0.5) is 4.39 Å². The van der Waals surface area contributed by atoms with E-state index in [1.165, 1.54) is 6.07 Å². The van der Waals surface area contributed by atoms with Crippen LogP contribution >= 0.6 is 0 Å². The Labute approximate surface area is 270 Å². The summed E-state index contributed by atoms with van der Waals surface area (Å²) in [5, 5.41) is 48.5. The Hall–Kier alpha value is -4.89. The predicted molar refractivity (Wildman–Crippen MR) is 168 cm³/mol. The van der Waals surface area contributed by atoms with Crippen molar-refractivity contribution in [2.24, 2.45) is 5.92 Å². The molecule has 0 bridgehead atoms. The van der Waals surface area contributed by atoms with Crippen LogP contribution in [0.3, 0.4) is 0 Å². The molecule has 14 nitrogen and oxygen atoms in total. The van der Waals surface area contributed by atoms with E-state index in [4.69, 9.17) is 49.5 Å². The number of aryl methyl sites for hydroxylation is 2.